The zero-order valence-corrected chi connectivity index (χ0v) is 11.1. The van der Waals surface area contributed by atoms with Crippen LogP contribution in [0.4, 0.5) is 8.78 Å². The smallest absolute Gasteiger partial charge is 0.191 e. The van der Waals surface area contributed by atoms with E-state index in [1.807, 2.05) is 0 Å². The van der Waals surface area contributed by atoms with E-state index in [-0.39, 0.29) is 16.1 Å². The molecule has 1 aromatic rings. The van der Waals surface area contributed by atoms with Gasteiger partial charge in [-0.15, -0.1) is 0 Å². The highest BCUT2D eigenvalue weighted by Gasteiger charge is 2.24. The van der Waals surface area contributed by atoms with E-state index in [1.165, 1.54) is 13.2 Å². The van der Waals surface area contributed by atoms with Crippen molar-refractivity contribution >= 4 is 15.9 Å². The minimum Gasteiger partial charge on any atom is -0.491 e. The molecule has 0 spiro atoms. The van der Waals surface area contributed by atoms with Crippen LogP contribution in [0.3, 0.4) is 0 Å². The summed E-state index contributed by atoms with van der Waals surface area (Å²) >= 11 is 3.10. The Labute approximate surface area is 107 Å². The summed E-state index contributed by atoms with van der Waals surface area (Å²) in [6.07, 6.45) is 1.72. The second-order valence-corrected chi connectivity index (χ2v) is 4.99. The molecular formula is C12H14BrF2NO. The molecule has 1 heterocycles. The van der Waals surface area contributed by atoms with Crippen LogP contribution in [0.5, 0.6) is 5.75 Å². The molecule has 17 heavy (non-hydrogen) atoms. The molecule has 2 rings (SSSR count). The summed E-state index contributed by atoms with van der Waals surface area (Å²) in [6.45, 7) is 1.73. The van der Waals surface area contributed by atoms with E-state index in [0.29, 0.717) is 5.56 Å². The summed E-state index contributed by atoms with van der Waals surface area (Å²) in [7, 11) is 1.28. The molecule has 0 aliphatic carbocycles. The summed E-state index contributed by atoms with van der Waals surface area (Å²) in [5.41, 5.74) is 0.539. The van der Waals surface area contributed by atoms with Crippen molar-refractivity contribution in [1.29, 1.82) is 0 Å². The van der Waals surface area contributed by atoms with Crippen molar-refractivity contribution in [3.05, 3.63) is 27.7 Å². The van der Waals surface area contributed by atoms with Crippen LogP contribution in [0, 0.1) is 11.6 Å². The van der Waals surface area contributed by atoms with Gasteiger partial charge in [-0.3, -0.25) is 0 Å². The first kappa shape index (κ1) is 12.8. The van der Waals surface area contributed by atoms with Gasteiger partial charge in [0.15, 0.2) is 17.4 Å². The summed E-state index contributed by atoms with van der Waals surface area (Å²) in [4.78, 5) is 0. The summed E-state index contributed by atoms with van der Waals surface area (Å²) in [5, 5.41) is 3.22. The molecule has 94 valence electrons. The lowest BCUT2D eigenvalue weighted by Gasteiger charge is -2.24. The zero-order chi connectivity index (χ0) is 12.4. The molecule has 0 bridgehead atoms. The van der Waals surface area contributed by atoms with E-state index < -0.39 is 11.6 Å². The lowest BCUT2D eigenvalue weighted by atomic mass is 9.89. The van der Waals surface area contributed by atoms with Crippen molar-refractivity contribution in [2.24, 2.45) is 0 Å². The van der Waals surface area contributed by atoms with Gasteiger partial charge in [-0.05, 0) is 59.4 Å². The van der Waals surface area contributed by atoms with E-state index in [4.69, 9.17) is 4.74 Å². The van der Waals surface area contributed by atoms with Crippen LogP contribution >= 0.6 is 15.9 Å². The van der Waals surface area contributed by atoms with Gasteiger partial charge >= 0.3 is 0 Å². The number of methoxy groups -OCH3 is 1. The Morgan fingerprint density at radius 2 is 1.94 bits per heavy atom. The van der Waals surface area contributed by atoms with E-state index in [0.717, 1.165) is 25.9 Å². The fourth-order valence-electron chi connectivity index (χ4n) is 2.21. The van der Waals surface area contributed by atoms with Crippen molar-refractivity contribution in [2.75, 3.05) is 20.2 Å². The zero-order valence-electron chi connectivity index (χ0n) is 9.53. The van der Waals surface area contributed by atoms with Gasteiger partial charge in [-0.1, -0.05) is 0 Å². The number of halogens is 3. The molecule has 2 nitrogen and oxygen atoms in total. The van der Waals surface area contributed by atoms with E-state index >= 15 is 0 Å². The minimum atomic E-state index is -0.678. The SMILES string of the molecule is COc1c(F)c(Br)cc(C2CCNCC2)c1F. The number of hydrogen-bond acceptors (Lipinski definition) is 2. The highest BCUT2D eigenvalue weighted by atomic mass is 79.9. The molecule has 0 amide bonds. The molecule has 0 aromatic heterocycles. The molecule has 0 atom stereocenters. The average molecular weight is 306 g/mol. The lowest BCUT2D eigenvalue weighted by molar-refractivity contribution is 0.350. The first-order chi connectivity index (χ1) is 8.15. The molecule has 0 saturated carbocycles. The average Bonchev–Trinajstić information content (AvgIpc) is 2.36. The third-order valence-electron chi connectivity index (χ3n) is 3.13. The highest BCUT2D eigenvalue weighted by Crippen LogP contribution is 2.36. The Morgan fingerprint density at radius 1 is 1.29 bits per heavy atom. The Kier molecular flexibility index (Phi) is 3.99. The maximum Gasteiger partial charge on any atom is 0.191 e. The van der Waals surface area contributed by atoms with Crippen molar-refractivity contribution in [1.82, 2.24) is 5.32 Å². The maximum atomic E-state index is 14.1. The van der Waals surface area contributed by atoms with E-state index in [9.17, 15) is 8.78 Å². The van der Waals surface area contributed by atoms with Gasteiger partial charge in [0.25, 0.3) is 0 Å². The van der Waals surface area contributed by atoms with Gasteiger partial charge in [-0.25, -0.2) is 8.78 Å². The normalized spacial score (nSPS) is 17.2. The van der Waals surface area contributed by atoms with Crippen LogP contribution in [0.1, 0.15) is 24.3 Å². The Morgan fingerprint density at radius 3 is 2.53 bits per heavy atom. The second kappa shape index (κ2) is 5.31. The molecule has 1 N–H and O–H groups in total. The maximum absolute atomic E-state index is 14.1. The van der Waals surface area contributed by atoms with Crippen molar-refractivity contribution in [3.63, 3.8) is 0 Å². The molecule has 1 aliphatic rings. The number of nitrogens with one attached hydrogen (secondary N) is 1. The van der Waals surface area contributed by atoms with Gasteiger partial charge in [-0.2, -0.15) is 0 Å². The number of hydrogen-bond donors (Lipinski definition) is 1. The number of benzene rings is 1. The van der Waals surface area contributed by atoms with Crippen molar-refractivity contribution in [3.8, 4) is 5.75 Å². The third kappa shape index (κ3) is 2.45. The van der Waals surface area contributed by atoms with Gasteiger partial charge < -0.3 is 10.1 Å². The molecule has 1 aliphatic heterocycles. The monoisotopic (exact) mass is 305 g/mol. The van der Waals surface area contributed by atoms with Crippen LogP contribution in [-0.4, -0.2) is 20.2 Å². The van der Waals surface area contributed by atoms with E-state index in [1.54, 1.807) is 0 Å². The van der Waals surface area contributed by atoms with E-state index in [2.05, 4.69) is 21.2 Å². The number of ether oxygens (including phenoxy) is 1. The topological polar surface area (TPSA) is 21.3 Å². The van der Waals surface area contributed by atoms with Gasteiger partial charge in [0, 0.05) is 0 Å². The first-order valence-electron chi connectivity index (χ1n) is 5.57. The molecule has 0 unspecified atom stereocenters. The predicted octanol–water partition coefficient (Wildman–Crippen LogP) is 3.20. The number of piperidine rings is 1. The van der Waals surface area contributed by atoms with Gasteiger partial charge in [0.05, 0.1) is 11.6 Å². The molecule has 0 radical (unpaired) electrons. The van der Waals surface area contributed by atoms with Crippen LogP contribution in [0.2, 0.25) is 0 Å². The van der Waals surface area contributed by atoms with Crippen LogP contribution in [0.15, 0.2) is 10.5 Å². The van der Waals surface area contributed by atoms with Crippen molar-refractivity contribution in [2.45, 2.75) is 18.8 Å². The molecule has 1 saturated heterocycles. The summed E-state index contributed by atoms with van der Waals surface area (Å²) in [5.74, 6) is -1.42. The summed E-state index contributed by atoms with van der Waals surface area (Å²) < 4.78 is 32.7. The van der Waals surface area contributed by atoms with Gasteiger partial charge in [0.2, 0.25) is 0 Å². The number of rotatable bonds is 2. The quantitative estimate of drug-likeness (QED) is 0.847. The predicted molar refractivity (Wildman–Crippen MR) is 65.5 cm³/mol. The van der Waals surface area contributed by atoms with Crippen LogP contribution in [0.25, 0.3) is 0 Å². The highest BCUT2D eigenvalue weighted by molar-refractivity contribution is 9.10. The molecular weight excluding hydrogens is 292 g/mol. The fraction of sp³-hybridized carbons (Fsp3) is 0.500. The minimum absolute atomic E-state index is 0.127. The summed E-state index contributed by atoms with van der Waals surface area (Å²) in [6, 6.07) is 1.53. The first-order valence-corrected chi connectivity index (χ1v) is 6.36. The standard InChI is InChI=1S/C12H14BrF2NO/c1-17-12-10(14)8(6-9(13)11(12)15)7-2-4-16-5-3-7/h6-7,16H,2-5H2,1H3. The molecule has 5 heteroatoms. The molecule has 1 aromatic carbocycles. The Balaban J connectivity index is 2.42. The fourth-order valence-corrected chi connectivity index (χ4v) is 2.64. The van der Waals surface area contributed by atoms with Crippen LogP contribution in [-0.2, 0) is 0 Å². The Bertz CT molecular complexity index is 419. The lowest BCUT2D eigenvalue weighted by Crippen LogP contribution is -2.27. The van der Waals surface area contributed by atoms with Crippen molar-refractivity contribution < 1.29 is 13.5 Å². The van der Waals surface area contributed by atoms with Crippen LogP contribution < -0.4 is 10.1 Å². The Hall–Kier alpha value is -0.680. The second-order valence-electron chi connectivity index (χ2n) is 4.13. The molecule has 1 fully saturated rings. The third-order valence-corrected chi connectivity index (χ3v) is 3.70. The van der Waals surface area contributed by atoms with Gasteiger partial charge in [0.1, 0.15) is 0 Å². The largest absolute Gasteiger partial charge is 0.491 e.